The van der Waals surface area contributed by atoms with Gasteiger partial charge < -0.3 is 10.2 Å². The molecule has 17 heavy (non-hydrogen) atoms. The van der Waals surface area contributed by atoms with E-state index in [0.29, 0.717) is 5.91 Å². The van der Waals surface area contributed by atoms with Crippen molar-refractivity contribution in [1.82, 2.24) is 10.2 Å². The zero-order chi connectivity index (χ0) is 11.4. The maximum Gasteiger partial charge on any atom is 0.225 e. The van der Waals surface area contributed by atoms with E-state index in [0.717, 1.165) is 32.5 Å². The zero-order valence-corrected chi connectivity index (χ0v) is 11.6. The lowest BCUT2D eigenvalue weighted by Crippen LogP contribution is -2.38. The zero-order valence-electron chi connectivity index (χ0n) is 10.0. The highest BCUT2D eigenvalue weighted by Gasteiger charge is 2.23. The van der Waals surface area contributed by atoms with Gasteiger partial charge in [0, 0.05) is 19.5 Å². The average molecular weight is 275 g/mol. The molecule has 1 aromatic heterocycles. The first kappa shape index (κ1) is 14.5. The van der Waals surface area contributed by atoms with Crippen LogP contribution in [-0.2, 0) is 11.3 Å². The summed E-state index contributed by atoms with van der Waals surface area (Å²) in [6.45, 7) is 2.69. The number of rotatable bonds is 3. The summed E-state index contributed by atoms with van der Waals surface area (Å²) in [5, 5.41) is 7.44. The normalized spacial score (nSPS) is 16.3. The molecule has 1 fully saturated rings. The smallest absolute Gasteiger partial charge is 0.225 e. The van der Waals surface area contributed by atoms with Crippen LogP contribution in [0.3, 0.4) is 0 Å². The van der Waals surface area contributed by atoms with E-state index in [1.54, 1.807) is 11.3 Å². The highest BCUT2D eigenvalue weighted by molar-refractivity contribution is 7.07. The lowest BCUT2D eigenvalue weighted by atomic mass is 9.96. The third kappa shape index (κ3) is 3.98. The molecule has 0 aromatic carbocycles. The van der Waals surface area contributed by atoms with Crippen molar-refractivity contribution in [2.45, 2.75) is 19.4 Å². The number of nitrogens with zero attached hydrogens (tertiary/aromatic N) is 1. The van der Waals surface area contributed by atoms with Crippen LogP contribution >= 0.6 is 23.7 Å². The van der Waals surface area contributed by atoms with Crippen LogP contribution in [-0.4, -0.2) is 30.9 Å². The van der Waals surface area contributed by atoms with Gasteiger partial charge in [0.2, 0.25) is 5.91 Å². The number of hydrogen-bond acceptors (Lipinski definition) is 3. The second-order valence-corrected chi connectivity index (χ2v) is 5.13. The maximum absolute atomic E-state index is 12.1. The molecule has 2 heterocycles. The Balaban J connectivity index is 0.00000144. The molecule has 0 saturated carbocycles. The first-order valence-electron chi connectivity index (χ1n) is 5.74. The van der Waals surface area contributed by atoms with Gasteiger partial charge in [-0.2, -0.15) is 11.3 Å². The standard InChI is InChI=1S/C12H18N2OS.ClH/c1-14(8-10-4-7-16-9-10)12(15)11-2-5-13-6-3-11;/h4,7,9,11,13H,2-3,5-6,8H2,1H3;1H. The quantitative estimate of drug-likeness (QED) is 0.916. The fourth-order valence-electron chi connectivity index (χ4n) is 2.11. The highest BCUT2D eigenvalue weighted by atomic mass is 35.5. The van der Waals surface area contributed by atoms with Gasteiger partial charge in [-0.1, -0.05) is 0 Å². The third-order valence-electron chi connectivity index (χ3n) is 3.06. The molecule has 0 spiro atoms. The van der Waals surface area contributed by atoms with Crippen molar-refractivity contribution in [3.63, 3.8) is 0 Å². The summed E-state index contributed by atoms with van der Waals surface area (Å²) in [4.78, 5) is 14.0. The van der Waals surface area contributed by atoms with Crippen LogP contribution in [0.4, 0.5) is 0 Å². The van der Waals surface area contributed by atoms with Crippen LogP contribution in [0, 0.1) is 5.92 Å². The molecule has 5 heteroatoms. The number of thiophene rings is 1. The van der Waals surface area contributed by atoms with Crippen LogP contribution in [0.1, 0.15) is 18.4 Å². The number of nitrogens with one attached hydrogen (secondary N) is 1. The predicted octanol–water partition coefficient (Wildman–Crippen LogP) is 2.13. The fourth-order valence-corrected chi connectivity index (χ4v) is 2.77. The number of piperidine rings is 1. The van der Waals surface area contributed by atoms with E-state index < -0.39 is 0 Å². The summed E-state index contributed by atoms with van der Waals surface area (Å²) in [7, 11) is 1.90. The molecule has 96 valence electrons. The molecule has 3 nitrogen and oxygen atoms in total. The molecule has 0 atom stereocenters. The van der Waals surface area contributed by atoms with E-state index in [1.807, 2.05) is 11.9 Å². The number of hydrogen-bond donors (Lipinski definition) is 1. The van der Waals surface area contributed by atoms with Crippen molar-refractivity contribution in [1.29, 1.82) is 0 Å². The summed E-state index contributed by atoms with van der Waals surface area (Å²) in [5.41, 5.74) is 1.23. The second kappa shape index (κ2) is 6.99. The van der Waals surface area contributed by atoms with Crippen molar-refractivity contribution in [2.24, 2.45) is 5.92 Å². The molecular weight excluding hydrogens is 256 g/mol. The van der Waals surface area contributed by atoms with Gasteiger partial charge in [-0.05, 0) is 48.3 Å². The summed E-state index contributed by atoms with van der Waals surface area (Å²) >= 11 is 1.68. The highest BCUT2D eigenvalue weighted by Crippen LogP contribution is 2.16. The van der Waals surface area contributed by atoms with E-state index in [-0.39, 0.29) is 18.3 Å². The van der Waals surface area contributed by atoms with E-state index >= 15 is 0 Å². The number of carbonyl (C=O) groups is 1. The lowest BCUT2D eigenvalue weighted by molar-refractivity contribution is -0.135. The summed E-state index contributed by atoms with van der Waals surface area (Å²) in [5.74, 6) is 0.526. The van der Waals surface area contributed by atoms with Gasteiger partial charge in [-0.25, -0.2) is 0 Å². The first-order valence-corrected chi connectivity index (χ1v) is 6.68. The Morgan fingerprint density at radius 3 is 2.82 bits per heavy atom. The Labute approximate surface area is 113 Å². The molecule has 2 rings (SSSR count). The van der Waals surface area contributed by atoms with Gasteiger partial charge in [0.15, 0.2) is 0 Å². The summed E-state index contributed by atoms with van der Waals surface area (Å²) in [6.07, 6.45) is 1.96. The molecule has 0 bridgehead atoms. The van der Waals surface area contributed by atoms with Crippen molar-refractivity contribution in [3.8, 4) is 0 Å². The maximum atomic E-state index is 12.1. The molecular formula is C12H19ClN2OS. The van der Waals surface area contributed by atoms with Crippen molar-refractivity contribution in [3.05, 3.63) is 22.4 Å². The van der Waals surface area contributed by atoms with Crippen molar-refractivity contribution in [2.75, 3.05) is 20.1 Å². The fraction of sp³-hybridized carbons (Fsp3) is 0.583. The average Bonchev–Trinajstić information content (AvgIpc) is 2.82. The van der Waals surface area contributed by atoms with Crippen molar-refractivity contribution >= 4 is 29.7 Å². The summed E-state index contributed by atoms with van der Waals surface area (Å²) < 4.78 is 0. The van der Waals surface area contributed by atoms with Crippen LogP contribution in [0.2, 0.25) is 0 Å². The van der Waals surface area contributed by atoms with E-state index in [1.165, 1.54) is 5.56 Å². The third-order valence-corrected chi connectivity index (χ3v) is 3.80. The summed E-state index contributed by atoms with van der Waals surface area (Å²) in [6, 6.07) is 2.08. The van der Waals surface area contributed by atoms with Gasteiger partial charge in [0.1, 0.15) is 0 Å². The van der Waals surface area contributed by atoms with Gasteiger partial charge in [0.25, 0.3) is 0 Å². The van der Waals surface area contributed by atoms with Gasteiger partial charge in [0.05, 0.1) is 0 Å². The SMILES string of the molecule is CN(Cc1ccsc1)C(=O)C1CCNCC1.Cl. The van der Waals surface area contributed by atoms with E-state index in [4.69, 9.17) is 0 Å². The second-order valence-electron chi connectivity index (χ2n) is 4.35. The molecule has 1 aliphatic rings. The van der Waals surface area contributed by atoms with Crippen molar-refractivity contribution < 1.29 is 4.79 Å². The predicted molar refractivity (Wildman–Crippen MR) is 73.6 cm³/mol. The van der Waals surface area contributed by atoms with Crippen LogP contribution in [0.25, 0.3) is 0 Å². The Morgan fingerprint density at radius 2 is 2.24 bits per heavy atom. The van der Waals surface area contributed by atoms with Crippen LogP contribution in [0.15, 0.2) is 16.8 Å². The minimum absolute atomic E-state index is 0. The Bertz CT molecular complexity index is 336. The first-order chi connectivity index (χ1) is 7.77. The topological polar surface area (TPSA) is 32.3 Å². The number of halogens is 1. The van der Waals surface area contributed by atoms with Gasteiger partial charge >= 0.3 is 0 Å². The number of carbonyl (C=O) groups excluding carboxylic acids is 1. The largest absolute Gasteiger partial charge is 0.341 e. The molecule has 1 saturated heterocycles. The minimum atomic E-state index is 0. The Hall–Kier alpha value is -0.580. The van der Waals surface area contributed by atoms with Crippen LogP contribution in [0.5, 0.6) is 0 Å². The van der Waals surface area contributed by atoms with E-state index in [9.17, 15) is 4.79 Å². The number of amides is 1. The van der Waals surface area contributed by atoms with Gasteiger partial charge in [-0.15, -0.1) is 12.4 Å². The molecule has 0 unspecified atom stereocenters. The lowest BCUT2D eigenvalue weighted by Gasteiger charge is -2.26. The van der Waals surface area contributed by atoms with Gasteiger partial charge in [-0.3, -0.25) is 4.79 Å². The Kier molecular flexibility index (Phi) is 5.95. The molecule has 1 aliphatic heterocycles. The van der Waals surface area contributed by atoms with E-state index in [2.05, 4.69) is 22.1 Å². The Morgan fingerprint density at radius 1 is 1.53 bits per heavy atom. The molecule has 1 amide bonds. The minimum Gasteiger partial charge on any atom is -0.341 e. The molecule has 0 aliphatic carbocycles. The molecule has 1 aromatic rings. The monoisotopic (exact) mass is 274 g/mol. The molecule has 0 radical (unpaired) electrons. The molecule has 1 N–H and O–H groups in total. The van der Waals surface area contributed by atoms with Crippen LogP contribution < -0.4 is 5.32 Å².